The van der Waals surface area contributed by atoms with E-state index in [0.29, 0.717) is 5.56 Å². The fourth-order valence-corrected chi connectivity index (χ4v) is 4.20. The minimum Gasteiger partial charge on any atom is -0.479 e. The van der Waals surface area contributed by atoms with Crippen LogP contribution < -0.4 is 5.73 Å². The molecule has 3 aromatic heterocycles. The summed E-state index contributed by atoms with van der Waals surface area (Å²) >= 11 is 5.81. The van der Waals surface area contributed by atoms with Gasteiger partial charge in [-0.2, -0.15) is 9.97 Å². The number of methoxy groups -OCH3 is 1. The molecule has 0 saturated carbocycles. The first-order chi connectivity index (χ1) is 19.1. The lowest BCUT2D eigenvalue weighted by Crippen LogP contribution is -2.53. The minimum atomic E-state index is -2.77. The lowest BCUT2D eigenvalue weighted by Gasteiger charge is -2.30. The summed E-state index contributed by atoms with van der Waals surface area (Å²) in [7, 11) is 1.12. The third kappa shape index (κ3) is 5.70. The van der Waals surface area contributed by atoms with Crippen molar-refractivity contribution in [1.82, 2.24) is 24.5 Å². The Morgan fingerprint density at radius 2 is 1.73 bits per heavy atom. The van der Waals surface area contributed by atoms with Gasteiger partial charge in [0, 0.05) is 25.9 Å². The van der Waals surface area contributed by atoms with E-state index in [1.807, 2.05) is 0 Å². The molecule has 3 atom stereocenters. The van der Waals surface area contributed by atoms with Crippen LogP contribution in [0.1, 0.15) is 11.9 Å². The Hall–Kier alpha value is -4.24. The number of aliphatic carboxylic acids is 2. The number of rotatable bonds is 12. The van der Waals surface area contributed by atoms with Crippen LogP contribution in [-0.2, 0) is 25.5 Å². The van der Waals surface area contributed by atoms with Crippen molar-refractivity contribution in [1.29, 1.82) is 0 Å². The molecule has 0 radical (unpaired) electrons. The van der Waals surface area contributed by atoms with Crippen LogP contribution in [0.2, 0.25) is 5.28 Å². The lowest BCUT2D eigenvalue weighted by atomic mass is 9.93. The Bertz CT molecular complexity index is 1490. The number of carboxylic acid groups (broad SMARTS) is 2. The molecule has 0 bridgehead atoms. The molecule has 5 N–H and O–H groups in total. The van der Waals surface area contributed by atoms with Crippen molar-refractivity contribution in [3.8, 4) is 11.1 Å². The van der Waals surface area contributed by atoms with Gasteiger partial charge in [0.2, 0.25) is 11.6 Å². The largest absolute Gasteiger partial charge is 0.479 e. The van der Waals surface area contributed by atoms with Crippen LogP contribution in [0.25, 0.3) is 22.3 Å². The van der Waals surface area contributed by atoms with Crippen LogP contribution in [0, 0.1) is 0 Å². The molecule has 13 nitrogen and oxygen atoms in total. The zero-order chi connectivity index (χ0) is 29.0. The first-order valence-electron chi connectivity index (χ1n) is 11.7. The number of nitrogens with zero attached hydrogens (tertiary/aromatic N) is 5. The number of hydrogen-bond acceptors (Lipinski definition) is 10. The molecular formula is C25H24ClFN6O7. The molecule has 210 valence electrons. The number of carboxylic acids is 2. The summed E-state index contributed by atoms with van der Waals surface area (Å²) in [5.74, 6) is -3.69. The van der Waals surface area contributed by atoms with Gasteiger partial charge in [-0.25, -0.2) is 19.0 Å². The molecule has 0 amide bonds. The molecule has 0 aliphatic carbocycles. The molecule has 0 unspecified atom stereocenters. The van der Waals surface area contributed by atoms with Gasteiger partial charge in [-0.15, -0.1) is 0 Å². The van der Waals surface area contributed by atoms with Crippen LogP contribution in [0.3, 0.4) is 0 Å². The van der Waals surface area contributed by atoms with Crippen LogP contribution in [0.5, 0.6) is 0 Å². The highest BCUT2D eigenvalue weighted by Crippen LogP contribution is 2.28. The lowest BCUT2D eigenvalue weighted by molar-refractivity contribution is -0.192. The number of halogens is 2. The third-order valence-electron chi connectivity index (χ3n) is 6.26. The Morgan fingerprint density at radius 1 is 1.10 bits per heavy atom. The van der Waals surface area contributed by atoms with E-state index in [-0.39, 0.29) is 22.3 Å². The zero-order valence-corrected chi connectivity index (χ0v) is 21.6. The maximum atomic E-state index is 15.4. The van der Waals surface area contributed by atoms with Crippen molar-refractivity contribution < 1.29 is 38.8 Å². The molecule has 1 aromatic carbocycles. The Balaban J connectivity index is 1.54. The maximum absolute atomic E-state index is 15.4. The van der Waals surface area contributed by atoms with E-state index in [1.165, 1.54) is 0 Å². The standard InChI is InChI=1S/C25H24ClFN6O7/c1-39-16(18(34)19(27)33-12-30-17-20(28)31-24(26)32-21(17)33)11-40-25(22(35)36,23(37)38)10-13-2-4-14(5-3-13)15-6-8-29-9-7-15/h2-9,12,16,18-19,34H,10-11H2,1H3,(H,35,36)(H,37,38)(H2,28,31,32)/t16-,18-,19-/m1/s1. The summed E-state index contributed by atoms with van der Waals surface area (Å²) in [5.41, 5.74) is 4.91. The molecule has 3 heterocycles. The van der Waals surface area contributed by atoms with Crippen molar-refractivity contribution in [2.24, 2.45) is 0 Å². The number of nitrogen functional groups attached to an aromatic ring is 1. The molecule has 0 saturated heterocycles. The van der Waals surface area contributed by atoms with Gasteiger partial charge in [0.15, 0.2) is 11.5 Å². The van der Waals surface area contributed by atoms with E-state index in [4.69, 9.17) is 26.8 Å². The van der Waals surface area contributed by atoms with Gasteiger partial charge < -0.3 is 30.5 Å². The fraction of sp³-hybridized carbons (Fsp3) is 0.280. The van der Waals surface area contributed by atoms with E-state index in [9.17, 15) is 24.9 Å². The number of carbonyl (C=O) groups is 2. The van der Waals surface area contributed by atoms with Crippen LogP contribution in [-0.4, -0.2) is 83.3 Å². The van der Waals surface area contributed by atoms with Crippen molar-refractivity contribution in [3.05, 3.63) is 66.0 Å². The van der Waals surface area contributed by atoms with E-state index in [2.05, 4.69) is 19.9 Å². The van der Waals surface area contributed by atoms with Crippen molar-refractivity contribution in [2.45, 2.75) is 30.5 Å². The SMILES string of the molecule is CO[C@H](COC(Cc1ccc(-c2ccncc2)cc1)(C(=O)O)C(=O)O)[C@@H](O)[C@H](F)n1cnc2c(N)nc(Cl)nc21. The molecule has 0 aliphatic heterocycles. The fourth-order valence-electron chi connectivity index (χ4n) is 4.03. The molecular weight excluding hydrogens is 551 g/mol. The van der Waals surface area contributed by atoms with Crippen molar-refractivity contribution in [3.63, 3.8) is 0 Å². The maximum Gasteiger partial charge on any atom is 0.348 e. The van der Waals surface area contributed by atoms with E-state index in [0.717, 1.165) is 29.1 Å². The highest BCUT2D eigenvalue weighted by molar-refractivity contribution is 6.28. The first kappa shape index (κ1) is 28.8. The van der Waals surface area contributed by atoms with Gasteiger partial charge >= 0.3 is 11.9 Å². The number of fused-ring (bicyclic) bond motifs is 1. The number of alkyl halides is 1. The summed E-state index contributed by atoms with van der Waals surface area (Å²) in [4.78, 5) is 39.9. The van der Waals surface area contributed by atoms with Crippen LogP contribution >= 0.6 is 11.6 Å². The predicted molar refractivity (Wildman–Crippen MR) is 139 cm³/mol. The molecule has 40 heavy (non-hydrogen) atoms. The van der Waals surface area contributed by atoms with Gasteiger partial charge in [0.1, 0.15) is 17.7 Å². The molecule has 15 heteroatoms. The van der Waals surface area contributed by atoms with Gasteiger partial charge in [-0.3, -0.25) is 9.55 Å². The quantitative estimate of drug-likeness (QED) is 0.142. The summed E-state index contributed by atoms with van der Waals surface area (Å²) in [6.07, 6.45) is -2.04. The second-order valence-corrected chi connectivity index (χ2v) is 9.04. The number of nitrogens with two attached hydrogens (primary N) is 1. The summed E-state index contributed by atoms with van der Waals surface area (Å²) in [5, 5.41) is 30.2. The second-order valence-electron chi connectivity index (χ2n) is 8.70. The van der Waals surface area contributed by atoms with Gasteiger partial charge in [0.05, 0.1) is 12.9 Å². The molecule has 4 rings (SSSR count). The number of pyridine rings is 1. The summed E-state index contributed by atoms with van der Waals surface area (Å²) < 4.78 is 26.8. The highest BCUT2D eigenvalue weighted by atomic mass is 35.5. The number of aromatic nitrogens is 5. The van der Waals surface area contributed by atoms with Gasteiger partial charge in [-0.1, -0.05) is 24.3 Å². The number of imidazole rings is 1. The Labute approximate surface area is 231 Å². The predicted octanol–water partition coefficient (Wildman–Crippen LogP) is 2.14. The van der Waals surface area contributed by atoms with E-state index < -0.39 is 49.1 Å². The van der Waals surface area contributed by atoms with Crippen molar-refractivity contribution in [2.75, 3.05) is 19.5 Å². The number of ether oxygens (including phenoxy) is 2. The van der Waals surface area contributed by atoms with E-state index in [1.54, 1.807) is 48.8 Å². The average molecular weight is 575 g/mol. The van der Waals surface area contributed by atoms with Crippen LogP contribution in [0.15, 0.2) is 55.1 Å². The monoisotopic (exact) mass is 574 g/mol. The number of aliphatic hydroxyl groups excluding tert-OH is 1. The Morgan fingerprint density at radius 3 is 2.33 bits per heavy atom. The third-order valence-corrected chi connectivity index (χ3v) is 6.43. The molecule has 4 aromatic rings. The summed E-state index contributed by atoms with van der Waals surface area (Å²) in [6.45, 7) is -0.795. The zero-order valence-electron chi connectivity index (χ0n) is 20.9. The summed E-state index contributed by atoms with van der Waals surface area (Å²) in [6, 6.07) is 10.1. The number of hydrogen-bond donors (Lipinski definition) is 4. The van der Waals surface area contributed by atoms with E-state index >= 15 is 4.39 Å². The molecule has 0 aliphatic rings. The highest BCUT2D eigenvalue weighted by Gasteiger charge is 2.49. The second kappa shape index (κ2) is 11.9. The average Bonchev–Trinajstić information content (AvgIpc) is 3.36. The Kier molecular flexibility index (Phi) is 8.54. The smallest absolute Gasteiger partial charge is 0.348 e. The number of anilines is 1. The normalized spacial score (nSPS) is 14.1. The topological polar surface area (TPSA) is 196 Å². The number of benzene rings is 1. The van der Waals surface area contributed by atoms with Crippen LogP contribution in [0.4, 0.5) is 10.2 Å². The van der Waals surface area contributed by atoms with Gasteiger partial charge in [-0.05, 0) is 40.4 Å². The molecule has 0 fully saturated rings. The number of aliphatic hydroxyl groups is 1. The van der Waals surface area contributed by atoms with Gasteiger partial charge in [0.25, 0.3) is 5.60 Å². The first-order valence-corrected chi connectivity index (χ1v) is 12.1. The van der Waals surface area contributed by atoms with Crippen molar-refractivity contribution >= 4 is 40.5 Å². The minimum absolute atomic E-state index is 0.0372. The molecule has 0 spiro atoms.